The molecular weight excluding hydrogens is 1710 g/mol. The third-order valence-corrected chi connectivity index (χ3v) is 26.4. The van der Waals surface area contributed by atoms with E-state index in [1.165, 1.54) is 18.3 Å². The van der Waals surface area contributed by atoms with Gasteiger partial charge in [-0.25, -0.2) is 29.4 Å². The smallest absolute Gasteiger partial charge is 0.329 e. The number of aryl methyl sites for hydroxylation is 1. The molecule has 1 aliphatic carbocycles. The minimum Gasteiger partial charge on any atom is -0.460 e. The number of nitrogens with zero attached hydrogens (tertiary/aromatic N) is 11. The lowest BCUT2D eigenvalue weighted by Gasteiger charge is -2.42. The van der Waals surface area contributed by atoms with Gasteiger partial charge in [0.2, 0.25) is 17.6 Å². The van der Waals surface area contributed by atoms with Crippen LogP contribution in [0.25, 0.3) is 44.5 Å². The molecule has 0 radical (unpaired) electrons. The van der Waals surface area contributed by atoms with Crippen molar-refractivity contribution >= 4 is 75.0 Å². The highest BCUT2D eigenvalue weighted by atomic mass is 16.6. The van der Waals surface area contributed by atoms with Gasteiger partial charge in [-0.1, -0.05) is 89.3 Å². The third-order valence-electron chi connectivity index (χ3n) is 26.4. The summed E-state index contributed by atoms with van der Waals surface area (Å²) in [5, 5.41) is 44.9. The minimum atomic E-state index is -2.48. The van der Waals surface area contributed by atoms with E-state index in [4.69, 9.17) is 78.3 Å². The number of piperidine rings is 1. The van der Waals surface area contributed by atoms with E-state index in [2.05, 4.69) is 47.1 Å². The van der Waals surface area contributed by atoms with E-state index < -0.39 is 83.7 Å². The van der Waals surface area contributed by atoms with Crippen molar-refractivity contribution in [3.05, 3.63) is 126 Å². The molecule has 3 saturated heterocycles. The monoisotopic (exact) mass is 1850 g/mol. The molecule has 12 rings (SSSR count). The number of fused-ring (bicyclic) bond motifs is 5. The number of methoxy groups -OCH3 is 3. The highest BCUT2D eigenvalue weighted by molar-refractivity contribution is 6.39. The maximum atomic E-state index is 14.9. The first kappa shape index (κ1) is 102. The Morgan fingerprint density at radius 1 is 0.774 bits per heavy atom. The zero-order valence-corrected chi connectivity index (χ0v) is 78.7. The number of nitrogens with one attached hydrogen (secondary N) is 3. The topological polar surface area (TPSA) is 452 Å². The van der Waals surface area contributed by atoms with Crippen LogP contribution in [0.15, 0.2) is 125 Å². The lowest BCUT2D eigenvalue weighted by molar-refractivity contribution is -0.265. The van der Waals surface area contributed by atoms with Crippen LogP contribution >= 0.6 is 0 Å². The fourth-order valence-corrected chi connectivity index (χ4v) is 18.5. The molecule has 133 heavy (non-hydrogen) atoms. The van der Waals surface area contributed by atoms with Crippen LogP contribution in [0.3, 0.4) is 0 Å². The number of rotatable bonds is 35. The fraction of sp³-hybridized carbons (Fsp3) is 0.608. The van der Waals surface area contributed by atoms with Crippen LogP contribution in [0.4, 0.5) is 17.8 Å². The maximum Gasteiger partial charge on any atom is 0.329 e. The first-order valence-corrected chi connectivity index (χ1v) is 47.0. The number of aliphatic hydroxyl groups is 3. The number of nitrogen functional groups attached to an aromatic ring is 2. The Labute approximate surface area is 778 Å². The third kappa shape index (κ3) is 27.9. The number of esters is 1. The molecule has 36 heteroatoms. The number of unbranched alkanes of at least 4 members (excludes halogenated alkanes) is 1. The van der Waals surface area contributed by atoms with Gasteiger partial charge in [-0.2, -0.15) is 10.1 Å². The predicted octanol–water partition coefficient (Wildman–Crippen LogP) is 8.68. The number of piperazine rings is 1. The molecule has 2 amide bonds. The van der Waals surface area contributed by atoms with Crippen LogP contribution in [0, 0.1) is 35.5 Å². The number of anilines is 3. The Hall–Kier alpha value is -9.90. The zero-order chi connectivity index (χ0) is 94.7. The Bertz CT molecular complexity index is 4990. The van der Waals surface area contributed by atoms with E-state index in [0.717, 1.165) is 52.8 Å². The van der Waals surface area contributed by atoms with Gasteiger partial charge in [0.15, 0.2) is 17.0 Å². The lowest BCUT2D eigenvalue weighted by Crippen LogP contribution is -2.61. The molecule has 4 fully saturated rings. The number of cyclic esters (lactones) is 1. The molecule has 5 aliphatic heterocycles. The molecule has 10 N–H and O–H groups in total. The number of hydrogen-bond acceptors (Lipinski definition) is 33. The zero-order valence-electron chi connectivity index (χ0n) is 78.7. The number of Topliss-reactive ketones (excluding diaryl/α,β-unsaturated/α-hetero) is 3. The average Bonchev–Trinajstić information content (AvgIpc) is 1.52. The second-order valence-electron chi connectivity index (χ2n) is 36.2. The van der Waals surface area contributed by atoms with Crippen molar-refractivity contribution in [3.63, 3.8) is 0 Å². The average molecular weight is 1850 g/mol. The number of oxazole rings is 1. The number of carbonyl (C=O) groups excluding carboxylic acids is 6. The van der Waals surface area contributed by atoms with Gasteiger partial charge in [-0.15, -0.1) is 5.53 Å². The predicted molar refractivity (Wildman–Crippen MR) is 498 cm³/mol. The van der Waals surface area contributed by atoms with E-state index in [-0.39, 0.29) is 92.6 Å². The molecule has 726 valence electrons. The fourth-order valence-electron chi connectivity index (χ4n) is 18.5. The van der Waals surface area contributed by atoms with Crippen LogP contribution in [0.2, 0.25) is 0 Å². The molecule has 1 unspecified atom stereocenters. The van der Waals surface area contributed by atoms with Crippen LogP contribution in [0.5, 0.6) is 0 Å². The number of ketones is 3. The highest BCUT2D eigenvalue weighted by Gasteiger charge is 2.53. The molecule has 36 nitrogen and oxygen atoms in total. The number of carbonyl (C=O) groups is 6. The number of allylic oxidation sites excluding steroid dienone is 6. The molecule has 1 saturated carbocycles. The Morgan fingerprint density at radius 3 is 2.29 bits per heavy atom. The maximum absolute atomic E-state index is 14.9. The van der Waals surface area contributed by atoms with E-state index in [0.29, 0.717) is 202 Å². The van der Waals surface area contributed by atoms with Gasteiger partial charge in [0.1, 0.15) is 53.5 Å². The summed E-state index contributed by atoms with van der Waals surface area (Å²) < 4.78 is 67.2. The number of hydrazine groups is 2. The van der Waals surface area contributed by atoms with Crippen molar-refractivity contribution in [2.75, 3.05) is 143 Å². The van der Waals surface area contributed by atoms with Gasteiger partial charge in [0.05, 0.1) is 114 Å². The van der Waals surface area contributed by atoms with Crippen LogP contribution < -0.4 is 32.6 Å². The molecule has 2 bridgehead atoms. The van der Waals surface area contributed by atoms with Gasteiger partial charge in [-0.3, -0.25) is 33.9 Å². The largest absolute Gasteiger partial charge is 0.460 e. The Kier molecular flexibility index (Phi) is 38.4. The Morgan fingerprint density at radius 2 is 1.54 bits per heavy atom. The number of aromatic nitrogens is 7. The van der Waals surface area contributed by atoms with Crippen molar-refractivity contribution in [2.24, 2.45) is 35.5 Å². The van der Waals surface area contributed by atoms with Crippen molar-refractivity contribution in [1.82, 2.24) is 65.8 Å². The van der Waals surface area contributed by atoms with Crippen molar-refractivity contribution in [3.8, 4) is 22.4 Å². The standard InChI is InChI=1S/C97H138N16O20/c1-61-19-12-11-13-20-62(2)81(123-8)51-75-27-24-67(7)97(122,133-75)90(119)93(120)112-32-16-14-23-77(112)94(121)131-82(52-78(115)63(3)46-66(6)88(118)89(125-10)87(117)65(5)45-61)64(4)47-68-25-28-80(83(49-68)124-9)130-59-69-21-18-22-70(48-69)72-53-101-96(102-54-72)110-35-34-109(74(57-110)58-114)55-73-56-111(108-106-73)36-38-127-40-42-129-44-43-128-41-39-126-37-30-84(116)100-31-15-17-33-113-92-85(91(98)103-60-104-92)86(107-113)71-26-29-79-76(50-71)105-95(99)132-79/h11-13,18-22,26,29,46,48,50,53-54,56,60-61,63-65,67-68,74-75,77,80-83,88-89,106,108,114,118,122H,14-17,23-25,27-28,30-45,47,49,51-52,55,57-59H2,1-10H3,(H2,99,105)(H,100,116)(H2,98,103,104)/b13-11+,19-12+,62-20+,66-46+/t61-,63-,64-,65-,67-,68+,74?,75+,77+,80-,81+,82+,83-,88-,89+,97-/m1/s1. The number of benzene rings is 2. The molecule has 6 aliphatic rings. The Balaban J connectivity index is 0.548. The summed E-state index contributed by atoms with van der Waals surface area (Å²) in [4.78, 5) is 113. The SMILES string of the molecule is CO[C@H]1C[C@@H]2CC[C@@H](C)[C@@](O)(O2)C(=O)C(=O)N2CCCC[C@H]2C(=O)O[C@H]([C@H](C)C[C@@H]2CC[C@@H](OCc3cccc(-c4cnc(N5CCN(CC6=CN(CCOCCOCCOCCOCCC(=O)NCCCCn7nc(-c8ccc9oc(N)nc9c8)c8c(N)ncnc87)NN6)C(CO)C5)nc4)c3)[C@H](OC)C2)CC(=O)[C@H](C)/C=C(\C)[C@@H](O)[C@@H](OC)C(=O)[C@H](C)C[C@H](C)/C=C/C=C/C=C/1C. The second kappa shape index (κ2) is 50.1. The van der Waals surface area contributed by atoms with Gasteiger partial charge in [0, 0.05) is 134 Å². The molecule has 0 spiro atoms. The molecule has 6 aromatic rings. The summed E-state index contributed by atoms with van der Waals surface area (Å²) in [5.74, 6) is -7.57. The van der Waals surface area contributed by atoms with Crippen molar-refractivity contribution in [2.45, 2.75) is 219 Å². The molecule has 2 aromatic carbocycles. The summed E-state index contributed by atoms with van der Waals surface area (Å²) in [6, 6.07) is 12.3. The van der Waals surface area contributed by atoms with E-state index in [1.807, 2.05) is 112 Å². The summed E-state index contributed by atoms with van der Waals surface area (Å²) in [5.41, 5.74) is 26.6. The number of ether oxygens (including phenoxy) is 10. The van der Waals surface area contributed by atoms with Crippen molar-refractivity contribution < 1.29 is 95.9 Å². The number of nitrogens with two attached hydrogens (primary N) is 2. The van der Waals surface area contributed by atoms with E-state index >= 15 is 0 Å². The van der Waals surface area contributed by atoms with Crippen molar-refractivity contribution in [1.29, 1.82) is 0 Å². The van der Waals surface area contributed by atoms with Crippen LogP contribution in [-0.4, -0.2) is 287 Å². The van der Waals surface area contributed by atoms with Gasteiger partial charge >= 0.3 is 5.97 Å². The number of hydrogen-bond donors (Lipinski definition) is 8. The summed E-state index contributed by atoms with van der Waals surface area (Å²) in [7, 11) is 4.63. The van der Waals surface area contributed by atoms with Crippen LogP contribution in [0.1, 0.15) is 150 Å². The quantitative estimate of drug-likeness (QED) is 0.00798. The molecule has 16 atom stereocenters. The summed E-state index contributed by atoms with van der Waals surface area (Å²) in [6.45, 7) is 20.2. The van der Waals surface area contributed by atoms with Gasteiger partial charge in [0.25, 0.3) is 17.7 Å². The second-order valence-corrected chi connectivity index (χ2v) is 36.2. The van der Waals surface area contributed by atoms with E-state index in [9.17, 15) is 44.1 Å². The summed E-state index contributed by atoms with van der Waals surface area (Å²) >= 11 is 0. The van der Waals surface area contributed by atoms with E-state index in [1.54, 1.807) is 51.8 Å². The van der Waals surface area contributed by atoms with Crippen LogP contribution in [-0.2, 0) is 89.3 Å². The first-order chi connectivity index (χ1) is 64.2. The molecule has 9 heterocycles. The number of aliphatic hydroxyl groups excluding tert-OH is 2. The lowest BCUT2D eigenvalue weighted by atomic mass is 9.78. The van der Waals surface area contributed by atoms with Gasteiger partial charge in [-0.05, 0) is 155 Å². The highest BCUT2D eigenvalue weighted by Crippen LogP contribution is 2.40. The molecular formula is C97H138N16O20. The number of amides is 2. The first-order valence-electron chi connectivity index (χ1n) is 47.0. The summed E-state index contributed by atoms with van der Waals surface area (Å²) in [6.07, 6.45) is 20.1. The minimum absolute atomic E-state index is 0.0136. The molecule has 4 aromatic heterocycles. The normalized spacial score (nSPS) is 27.8. The van der Waals surface area contributed by atoms with Gasteiger partial charge < -0.3 is 99.1 Å².